The van der Waals surface area contributed by atoms with Gasteiger partial charge < -0.3 is 19.9 Å². The van der Waals surface area contributed by atoms with Crippen molar-refractivity contribution in [1.29, 1.82) is 0 Å². The van der Waals surface area contributed by atoms with Crippen molar-refractivity contribution in [2.45, 2.75) is 12.5 Å². The molecular weight excluding hydrogens is 333 g/mol. The van der Waals surface area contributed by atoms with E-state index < -0.39 is 0 Å². The molecular formula is C20H22FN3O2. The molecule has 2 aromatic carbocycles. The van der Waals surface area contributed by atoms with Crippen LogP contribution < -0.4 is 15.0 Å². The number of piperazine rings is 1. The maximum atomic E-state index is 13.0. The normalized spacial score (nSPS) is 19.5. The summed E-state index contributed by atoms with van der Waals surface area (Å²) in [5.41, 5.74) is 2.12. The third-order valence-corrected chi connectivity index (χ3v) is 4.97. The molecule has 0 saturated carbocycles. The lowest BCUT2D eigenvalue weighted by atomic mass is 10.0. The monoisotopic (exact) mass is 355 g/mol. The molecule has 0 aliphatic carbocycles. The van der Waals surface area contributed by atoms with E-state index in [-0.39, 0.29) is 17.9 Å². The van der Waals surface area contributed by atoms with E-state index in [1.807, 2.05) is 29.2 Å². The predicted molar refractivity (Wildman–Crippen MR) is 98.1 cm³/mol. The molecule has 0 spiro atoms. The molecule has 2 amide bonds. The van der Waals surface area contributed by atoms with Crippen molar-refractivity contribution in [1.82, 2.24) is 10.2 Å². The molecule has 1 fully saturated rings. The number of nitrogens with one attached hydrogen (secondary N) is 1. The van der Waals surface area contributed by atoms with Gasteiger partial charge in [-0.3, -0.25) is 0 Å². The van der Waals surface area contributed by atoms with Crippen LogP contribution in [0.5, 0.6) is 5.75 Å². The first-order chi connectivity index (χ1) is 12.7. The molecule has 1 atom stereocenters. The highest BCUT2D eigenvalue weighted by Gasteiger charge is 2.26. The number of ether oxygens (including phenoxy) is 1. The number of carbonyl (C=O) groups excluding carboxylic acids is 1. The summed E-state index contributed by atoms with van der Waals surface area (Å²) in [4.78, 5) is 16.6. The van der Waals surface area contributed by atoms with Crippen LogP contribution in [0.4, 0.5) is 14.9 Å². The average molecular weight is 355 g/mol. The molecule has 5 nitrogen and oxygen atoms in total. The standard InChI is InChI=1S/C20H22FN3O2/c21-16-5-7-18(8-6-16)23-9-11-24(12-10-23)20(25)22-17-13-15-3-1-2-4-19(15)26-14-17/h1-8,17H,9-14H2,(H,22,25)/t17-/m1/s1. The van der Waals surface area contributed by atoms with Gasteiger partial charge in [0.2, 0.25) is 0 Å². The van der Waals surface area contributed by atoms with Crippen LogP contribution in [0.1, 0.15) is 5.56 Å². The van der Waals surface area contributed by atoms with Crippen molar-refractivity contribution in [2.24, 2.45) is 0 Å². The van der Waals surface area contributed by atoms with E-state index in [1.165, 1.54) is 12.1 Å². The Balaban J connectivity index is 1.29. The van der Waals surface area contributed by atoms with Gasteiger partial charge in [0.25, 0.3) is 0 Å². The second-order valence-electron chi connectivity index (χ2n) is 6.72. The van der Waals surface area contributed by atoms with Crippen LogP contribution in [-0.2, 0) is 6.42 Å². The number of carbonyl (C=O) groups is 1. The number of nitrogens with zero attached hydrogens (tertiary/aromatic N) is 2. The van der Waals surface area contributed by atoms with Crippen LogP contribution in [0.25, 0.3) is 0 Å². The van der Waals surface area contributed by atoms with Crippen molar-refractivity contribution in [3.05, 3.63) is 59.9 Å². The van der Waals surface area contributed by atoms with Gasteiger partial charge >= 0.3 is 6.03 Å². The predicted octanol–water partition coefficient (Wildman–Crippen LogP) is 2.66. The van der Waals surface area contributed by atoms with Gasteiger partial charge in [0.05, 0.1) is 6.04 Å². The van der Waals surface area contributed by atoms with Gasteiger partial charge in [0.15, 0.2) is 0 Å². The molecule has 0 bridgehead atoms. The molecule has 0 aromatic heterocycles. The SMILES string of the molecule is O=C(N[C@H]1COc2ccccc2C1)N1CCN(c2ccc(F)cc2)CC1. The molecule has 6 heteroatoms. The van der Waals surface area contributed by atoms with E-state index in [9.17, 15) is 9.18 Å². The molecule has 2 aliphatic heterocycles. The molecule has 4 rings (SSSR count). The number of para-hydroxylation sites is 1. The van der Waals surface area contributed by atoms with E-state index in [2.05, 4.69) is 10.2 Å². The maximum absolute atomic E-state index is 13.0. The number of amides is 2. The molecule has 2 heterocycles. The zero-order valence-electron chi connectivity index (χ0n) is 14.5. The number of hydrogen-bond donors (Lipinski definition) is 1. The van der Waals surface area contributed by atoms with E-state index >= 15 is 0 Å². The lowest BCUT2D eigenvalue weighted by Crippen LogP contribution is -2.55. The zero-order chi connectivity index (χ0) is 17.9. The minimum Gasteiger partial charge on any atom is -0.491 e. The van der Waals surface area contributed by atoms with Crippen molar-refractivity contribution in [2.75, 3.05) is 37.7 Å². The number of halogens is 1. The molecule has 26 heavy (non-hydrogen) atoms. The van der Waals surface area contributed by atoms with E-state index in [0.717, 1.165) is 36.5 Å². The highest BCUT2D eigenvalue weighted by molar-refractivity contribution is 5.75. The number of urea groups is 1. The minimum absolute atomic E-state index is 0.00692. The lowest BCUT2D eigenvalue weighted by Gasteiger charge is -2.37. The van der Waals surface area contributed by atoms with Gasteiger partial charge in [-0.15, -0.1) is 0 Å². The largest absolute Gasteiger partial charge is 0.491 e. The summed E-state index contributed by atoms with van der Waals surface area (Å²) < 4.78 is 18.8. The fourth-order valence-corrected chi connectivity index (χ4v) is 3.51. The molecule has 0 unspecified atom stereocenters. The van der Waals surface area contributed by atoms with E-state index in [1.54, 1.807) is 12.1 Å². The number of anilines is 1. The van der Waals surface area contributed by atoms with Crippen molar-refractivity contribution >= 4 is 11.7 Å². The summed E-state index contributed by atoms with van der Waals surface area (Å²) >= 11 is 0. The maximum Gasteiger partial charge on any atom is 0.317 e. The lowest BCUT2D eigenvalue weighted by molar-refractivity contribution is 0.178. The molecule has 2 aromatic rings. The molecule has 0 radical (unpaired) electrons. The van der Waals surface area contributed by atoms with Crippen molar-refractivity contribution in [3.8, 4) is 5.75 Å². The first-order valence-corrected chi connectivity index (χ1v) is 8.96. The van der Waals surface area contributed by atoms with E-state index in [4.69, 9.17) is 4.74 Å². The number of rotatable bonds is 2. The highest BCUT2D eigenvalue weighted by Crippen LogP contribution is 2.24. The Morgan fingerprint density at radius 3 is 2.54 bits per heavy atom. The summed E-state index contributed by atoms with van der Waals surface area (Å²) in [5, 5.41) is 3.09. The fraction of sp³-hybridized carbons (Fsp3) is 0.350. The van der Waals surface area contributed by atoms with Gasteiger partial charge in [-0.1, -0.05) is 18.2 Å². The van der Waals surface area contributed by atoms with Crippen LogP contribution in [0.2, 0.25) is 0 Å². The van der Waals surface area contributed by atoms with Crippen LogP contribution in [0.15, 0.2) is 48.5 Å². The van der Waals surface area contributed by atoms with Crippen molar-refractivity contribution < 1.29 is 13.9 Å². The Labute approximate surface area is 152 Å². The van der Waals surface area contributed by atoms with Crippen LogP contribution in [0.3, 0.4) is 0 Å². The van der Waals surface area contributed by atoms with Gasteiger partial charge in [0, 0.05) is 31.9 Å². The number of benzene rings is 2. The summed E-state index contributed by atoms with van der Waals surface area (Å²) in [5.74, 6) is 0.675. The first kappa shape index (κ1) is 16.7. The number of hydrogen-bond acceptors (Lipinski definition) is 3. The van der Waals surface area contributed by atoms with Gasteiger partial charge in [-0.2, -0.15) is 0 Å². The van der Waals surface area contributed by atoms with Gasteiger partial charge in [-0.25, -0.2) is 9.18 Å². The Hall–Kier alpha value is -2.76. The van der Waals surface area contributed by atoms with Crippen LogP contribution in [0, 0.1) is 5.82 Å². The van der Waals surface area contributed by atoms with Gasteiger partial charge in [-0.05, 0) is 42.3 Å². The molecule has 2 aliphatic rings. The smallest absolute Gasteiger partial charge is 0.317 e. The highest BCUT2D eigenvalue weighted by atomic mass is 19.1. The summed E-state index contributed by atoms with van der Waals surface area (Å²) in [6.45, 7) is 3.27. The second-order valence-corrected chi connectivity index (χ2v) is 6.72. The number of fused-ring (bicyclic) bond motifs is 1. The average Bonchev–Trinajstić information content (AvgIpc) is 2.68. The Kier molecular flexibility index (Phi) is 4.65. The Bertz CT molecular complexity index is 773. The molecule has 1 N–H and O–H groups in total. The minimum atomic E-state index is -0.233. The van der Waals surface area contributed by atoms with Crippen molar-refractivity contribution in [3.63, 3.8) is 0 Å². The zero-order valence-corrected chi connectivity index (χ0v) is 14.5. The quantitative estimate of drug-likeness (QED) is 0.901. The van der Waals surface area contributed by atoms with E-state index in [0.29, 0.717) is 19.7 Å². The van der Waals surface area contributed by atoms with Crippen LogP contribution >= 0.6 is 0 Å². The third-order valence-electron chi connectivity index (χ3n) is 4.97. The van der Waals surface area contributed by atoms with Crippen LogP contribution in [-0.4, -0.2) is 49.8 Å². The Morgan fingerprint density at radius 2 is 1.77 bits per heavy atom. The molecule has 1 saturated heterocycles. The molecule has 136 valence electrons. The summed E-state index contributed by atoms with van der Waals surface area (Å²) in [6.07, 6.45) is 0.789. The topological polar surface area (TPSA) is 44.8 Å². The Morgan fingerprint density at radius 1 is 1.04 bits per heavy atom. The second kappa shape index (κ2) is 7.23. The first-order valence-electron chi connectivity index (χ1n) is 8.96. The summed E-state index contributed by atoms with van der Waals surface area (Å²) in [6, 6.07) is 14.4. The summed E-state index contributed by atoms with van der Waals surface area (Å²) in [7, 11) is 0. The third kappa shape index (κ3) is 3.59. The fourth-order valence-electron chi connectivity index (χ4n) is 3.51. The van der Waals surface area contributed by atoms with Gasteiger partial charge in [0.1, 0.15) is 18.2 Å².